The van der Waals surface area contributed by atoms with Crippen LogP contribution in [0, 0.1) is 19.8 Å². The fourth-order valence-corrected chi connectivity index (χ4v) is 4.85. The number of nitrogens with zero attached hydrogens (tertiary/aromatic N) is 4. The van der Waals surface area contributed by atoms with Crippen LogP contribution in [0.15, 0.2) is 42.7 Å². The molecule has 36 heavy (non-hydrogen) atoms. The Hall–Kier alpha value is -3.23. The maximum atomic E-state index is 14.3. The number of Topliss-reactive ketones (excluding diaryl/α,β-unsaturated/α-hetero) is 1. The summed E-state index contributed by atoms with van der Waals surface area (Å²) in [5.41, 5.74) is 1.21. The quantitative estimate of drug-likeness (QED) is 0.294. The number of hydrogen-bond acceptors (Lipinski definition) is 4. The highest BCUT2D eigenvalue weighted by Gasteiger charge is 2.33. The molecule has 1 fully saturated rings. The van der Waals surface area contributed by atoms with E-state index in [1.165, 1.54) is 23.0 Å². The Balaban J connectivity index is 1.44. The van der Waals surface area contributed by atoms with E-state index >= 15 is 0 Å². The van der Waals surface area contributed by atoms with E-state index in [0.717, 1.165) is 55.0 Å². The predicted molar refractivity (Wildman–Crippen MR) is 130 cm³/mol. The number of hydrogen-bond donors (Lipinski definition) is 0. The largest absolute Gasteiger partial charge is 0.416 e. The second kappa shape index (κ2) is 9.67. The summed E-state index contributed by atoms with van der Waals surface area (Å²) in [4.78, 5) is 19.8. The molecule has 0 radical (unpaired) electrons. The van der Waals surface area contributed by atoms with Gasteiger partial charge in [0.15, 0.2) is 5.78 Å². The fourth-order valence-electron chi connectivity index (χ4n) is 4.85. The molecule has 1 aromatic carbocycles. The van der Waals surface area contributed by atoms with Gasteiger partial charge in [0.25, 0.3) is 0 Å². The standard InChI is InChI=1S/C27H30F4N4O/c1-17-13-19(15-32-25(17)34-11-9-20(10-12-34)26(3,4)28)14-24(36)23-16-33-35(18(23)2)22-7-5-21(6-8-22)27(29,30)31/h5-8,13,15-16,20H,9-12,14H2,1-4H3. The van der Waals surface area contributed by atoms with Crippen molar-refractivity contribution in [3.8, 4) is 5.69 Å². The van der Waals surface area contributed by atoms with Gasteiger partial charge in [-0.05, 0) is 81.8 Å². The monoisotopic (exact) mass is 502 g/mol. The average Bonchev–Trinajstić information content (AvgIpc) is 3.19. The molecule has 2 aromatic heterocycles. The van der Waals surface area contributed by atoms with Crippen molar-refractivity contribution in [1.82, 2.24) is 14.8 Å². The van der Waals surface area contributed by atoms with E-state index in [0.29, 0.717) is 16.9 Å². The molecule has 1 saturated heterocycles. The van der Waals surface area contributed by atoms with Crippen LogP contribution >= 0.6 is 0 Å². The van der Waals surface area contributed by atoms with Crippen molar-refractivity contribution in [1.29, 1.82) is 0 Å². The molecule has 0 N–H and O–H groups in total. The summed E-state index contributed by atoms with van der Waals surface area (Å²) in [7, 11) is 0. The number of pyridine rings is 1. The van der Waals surface area contributed by atoms with Crippen LogP contribution in [0.5, 0.6) is 0 Å². The first kappa shape index (κ1) is 25.9. The Morgan fingerprint density at radius 1 is 1.03 bits per heavy atom. The molecule has 4 rings (SSSR count). The van der Waals surface area contributed by atoms with Crippen molar-refractivity contribution in [2.24, 2.45) is 5.92 Å². The van der Waals surface area contributed by atoms with Crippen LogP contribution in [0.25, 0.3) is 5.69 Å². The van der Waals surface area contributed by atoms with Crippen molar-refractivity contribution < 1.29 is 22.4 Å². The minimum atomic E-state index is -4.41. The molecule has 3 aromatic rings. The lowest BCUT2D eigenvalue weighted by molar-refractivity contribution is -0.137. The number of halogens is 4. The fraction of sp³-hybridized carbons (Fsp3) is 0.444. The number of rotatable bonds is 6. The first-order valence-electron chi connectivity index (χ1n) is 12.0. The normalized spacial score (nSPS) is 15.4. The number of anilines is 1. The Bertz CT molecular complexity index is 1230. The van der Waals surface area contributed by atoms with Gasteiger partial charge in [0.05, 0.1) is 28.7 Å². The lowest BCUT2D eigenvalue weighted by Gasteiger charge is -2.37. The van der Waals surface area contributed by atoms with Gasteiger partial charge in [-0.1, -0.05) is 6.07 Å². The van der Waals surface area contributed by atoms with Crippen molar-refractivity contribution >= 4 is 11.6 Å². The number of benzene rings is 1. The maximum absolute atomic E-state index is 14.3. The number of alkyl halides is 4. The van der Waals surface area contributed by atoms with Crippen LogP contribution in [0.4, 0.5) is 23.4 Å². The molecule has 3 heterocycles. The van der Waals surface area contributed by atoms with Crippen molar-refractivity contribution in [3.63, 3.8) is 0 Å². The third-order valence-corrected chi connectivity index (χ3v) is 6.99. The van der Waals surface area contributed by atoms with Crippen molar-refractivity contribution in [2.75, 3.05) is 18.0 Å². The zero-order valence-electron chi connectivity index (χ0n) is 20.9. The van der Waals surface area contributed by atoms with Gasteiger partial charge in [-0.15, -0.1) is 0 Å². The topological polar surface area (TPSA) is 51.0 Å². The summed E-state index contributed by atoms with van der Waals surface area (Å²) in [5, 5.41) is 4.22. The molecule has 0 unspecified atom stereocenters. The summed E-state index contributed by atoms with van der Waals surface area (Å²) >= 11 is 0. The third-order valence-electron chi connectivity index (χ3n) is 6.99. The zero-order chi connectivity index (χ0) is 26.3. The van der Waals surface area contributed by atoms with Crippen LogP contribution in [0.1, 0.15) is 59.4 Å². The summed E-state index contributed by atoms with van der Waals surface area (Å²) < 4.78 is 54.3. The Morgan fingerprint density at radius 2 is 1.67 bits per heavy atom. The molecule has 0 bridgehead atoms. The molecule has 192 valence electrons. The Morgan fingerprint density at radius 3 is 2.22 bits per heavy atom. The van der Waals surface area contributed by atoms with E-state index in [2.05, 4.69) is 15.0 Å². The molecule has 9 heteroatoms. The van der Waals surface area contributed by atoms with Gasteiger partial charge >= 0.3 is 6.18 Å². The van der Waals surface area contributed by atoms with E-state index in [9.17, 15) is 22.4 Å². The third kappa shape index (κ3) is 5.44. The van der Waals surface area contributed by atoms with Gasteiger partial charge in [0, 0.05) is 25.7 Å². The van der Waals surface area contributed by atoms with Gasteiger partial charge in [-0.25, -0.2) is 14.1 Å². The number of piperidine rings is 1. The van der Waals surface area contributed by atoms with E-state index in [-0.39, 0.29) is 18.1 Å². The number of aromatic nitrogens is 3. The number of aryl methyl sites for hydroxylation is 1. The van der Waals surface area contributed by atoms with Gasteiger partial charge in [-0.3, -0.25) is 4.79 Å². The van der Waals surface area contributed by atoms with Crippen LogP contribution in [-0.2, 0) is 12.6 Å². The molecule has 1 aliphatic heterocycles. The summed E-state index contributed by atoms with van der Waals surface area (Å²) in [6.45, 7) is 8.43. The number of carbonyl (C=O) groups is 1. The molecule has 5 nitrogen and oxygen atoms in total. The molecular formula is C27H30F4N4O. The maximum Gasteiger partial charge on any atom is 0.416 e. The lowest BCUT2D eigenvalue weighted by atomic mass is 9.84. The number of carbonyl (C=O) groups excluding carboxylic acids is 1. The van der Waals surface area contributed by atoms with E-state index < -0.39 is 17.4 Å². The van der Waals surface area contributed by atoms with E-state index in [1.807, 2.05) is 13.0 Å². The summed E-state index contributed by atoms with van der Waals surface area (Å²) in [6, 6.07) is 6.60. The van der Waals surface area contributed by atoms with Gasteiger partial charge in [-0.2, -0.15) is 18.3 Å². The summed E-state index contributed by atoms with van der Waals surface area (Å²) in [5.74, 6) is 0.746. The first-order valence-corrected chi connectivity index (χ1v) is 12.0. The van der Waals surface area contributed by atoms with Crippen molar-refractivity contribution in [2.45, 2.75) is 58.8 Å². The van der Waals surface area contributed by atoms with Crippen LogP contribution < -0.4 is 4.90 Å². The lowest BCUT2D eigenvalue weighted by Crippen LogP contribution is -2.40. The van der Waals surface area contributed by atoms with Gasteiger partial charge in [0.1, 0.15) is 11.5 Å². The summed E-state index contributed by atoms with van der Waals surface area (Å²) in [6.07, 6.45) is 0.398. The molecule has 0 aliphatic carbocycles. The highest BCUT2D eigenvalue weighted by molar-refractivity contribution is 5.98. The average molecular weight is 503 g/mol. The second-order valence-corrected chi connectivity index (χ2v) is 10.0. The highest BCUT2D eigenvalue weighted by Crippen LogP contribution is 2.33. The predicted octanol–water partition coefficient (Wildman–Crippen LogP) is 6.29. The minimum Gasteiger partial charge on any atom is -0.356 e. The van der Waals surface area contributed by atoms with Crippen LogP contribution in [-0.4, -0.2) is 39.3 Å². The highest BCUT2D eigenvalue weighted by atomic mass is 19.4. The Kier molecular flexibility index (Phi) is 6.94. The number of ketones is 1. The molecule has 0 atom stereocenters. The molecule has 0 saturated carbocycles. The van der Waals surface area contributed by atoms with Crippen molar-refractivity contribution in [3.05, 3.63) is 70.7 Å². The van der Waals surface area contributed by atoms with Gasteiger partial charge in [0.2, 0.25) is 0 Å². The van der Waals surface area contributed by atoms with E-state index in [1.54, 1.807) is 27.0 Å². The molecule has 1 aliphatic rings. The smallest absolute Gasteiger partial charge is 0.356 e. The zero-order valence-corrected chi connectivity index (χ0v) is 20.9. The van der Waals surface area contributed by atoms with Gasteiger partial charge < -0.3 is 4.90 Å². The second-order valence-electron chi connectivity index (χ2n) is 10.0. The van der Waals surface area contributed by atoms with Crippen LogP contribution in [0.2, 0.25) is 0 Å². The molecular weight excluding hydrogens is 472 g/mol. The van der Waals surface area contributed by atoms with E-state index in [4.69, 9.17) is 0 Å². The molecule has 0 spiro atoms. The SMILES string of the molecule is Cc1cc(CC(=O)c2cnn(-c3ccc(C(F)(F)F)cc3)c2C)cnc1N1CCC(C(C)(C)F)CC1. The first-order chi connectivity index (χ1) is 16.8. The Labute approximate surface area is 208 Å². The minimum absolute atomic E-state index is 0.0395. The van der Waals surface area contributed by atoms with Crippen LogP contribution in [0.3, 0.4) is 0 Å². The molecule has 0 amide bonds.